The van der Waals surface area contributed by atoms with Crippen LogP contribution >= 0.6 is 11.6 Å². The van der Waals surface area contributed by atoms with Gasteiger partial charge in [-0.2, -0.15) is 0 Å². The summed E-state index contributed by atoms with van der Waals surface area (Å²) in [4.78, 5) is 3.41. The van der Waals surface area contributed by atoms with Gasteiger partial charge in [-0.05, 0) is 18.2 Å². The van der Waals surface area contributed by atoms with Crippen molar-refractivity contribution in [2.45, 2.75) is 4.90 Å². The largest absolute Gasteiger partial charge is 0.307 e. The molecule has 0 aliphatic carbocycles. The monoisotopic (exact) mass is 334 g/mol. The molecule has 0 aliphatic rings. The van der Waals surface area contributed by atoms with E-state index >= 15 is 0 Å². The highest BCUT2D eigenvalue weighted by atomic mass is 35.5. The van der Waals surface area contributed by atoms with Gasteiger partial charge in [0.1, 0.15) is 16.4 Å². The summed E-state index contributed by atoms with van der Waals surface area (Å²) in [6.07, 6.45) is 1.32. The first-order valence-corrected chi connectivity index (χ1v) is 7.30. The summed E-state index contributed by atoms with van der Waals surface area (Å²) in [6.45, 7) is 0. The van der Waals surface area contributed by atoms with Crippen molar-refractivity contribution < 1.29 is 17.2 Å². The van der Waals surface area contributed by atoms with E-state index < -0.39 is 32.4 Å². The lowest BCUT2D eigenvalue weighted by molar-refractivity contribution is 0.583. The van der Waals surface area contributed by atoms with Crippen LogP contribution in [0.4, 0.5) is 20.3 Å². The molecule has 0 aliphatic heterocycles. The van der Waals surface area contributed by atoms with Gasteiger partial charge in [0.25, 0.3) is 10.0 Å². The van der Waals surface area contributed by atoms with Crippen LogP contribution in [0.25, 0.3) is 0 Å². The van der Waals surface area contributed by atoms with Gasteiger partial charge in [-0.15, -0.1) is 0 Å². The number of nitrogen functional groups attached to an aromatic ring is 1. The number of sulfonamides is 1. The Hall–Kier alpha value is -1.97. The van der Waals surface area contributed by atoms with Crippen molar-refractivity contribution in [2.75, 3.05) is 10.1 Å². The molecule has 4 N–H and O–H groups in total. The van der Waals surface area contributed by atoms with Crippen LogP contribution in [-0.4, -0.2) is 13.4 Å². The summed E-state index contributed by atoms with van der Waals surface area (Å²) < 4.78 is 52.9. The van der Waals surface area contributed by atoms with Gasteiger partial charge in [0.2, 0.25) is 0 Å². The molecule has 0 radical (unpaired) electrons. The Labute approximate surface area is 124 Å². The summed E-state index contributed by atoms with van der Waals surface area (Å²) >= 11 is 5.64. The van der Waals surface area contributed by atoms with Crippen LogP contribution in [0.3, 0.4) is 0 Å². The zero-order valence-corrected chi connectivity index (χ0v) is 11.8. The van der Waals surface area contributed by atoms with Crippen molar-refractivity contribution in [2.24, 2.45) is 5.84 Å². The third-order valence-corrected chi connectivity index (χ3v) is 4.12. The summed E-state index contributed by atoms with van der Waals surface area (Å²) in [5.74, 6) is 2.96. The number of nitrogens with one attached hydrogen (secondary N) is 2. The minimum atomic E-state index is -4.22. The van der Waals surface area contributed by atoms with E-state index in [9.17, 15) is 17.2 Å². The van der Waals surface area contributed by atoms with Gasteiger partial charge < -0.3 is 5.43 Å². The fraction of sp³-hybridized carbons (Fsp3) is 0. The standard InChI is InChI=1S/C11H9ClF2N4O2S/c12-7-4-6(13)5-8(14)10(7)18-21(19,20)9-2-1-3-16-11(9)17-15/h1-5,18H,15H2,(H,16,17). The van der Waals surface area contributed by atoms with E-state index in [0.29, 0.717) is 6.07 Å². The average molecular weight is 335 g/mol. The zero-order valence-electron chi connectivity index (χ0n) is 10.3. The molecular formula is C11H9ClF2N4O2S. The third-order valence-electron chi connectivity index (χ3n) is 2.44. The van der Waals surface area contributed by atoms with Crippen LogP contribution in [0.1, 0.15) is 0 Å². The lowest BCUT2D eigenvalue weighted by atomic mass is 10.3. The van der Waals surface area contributed by atoms with E-state index in [0.717, 1.165) is 6.07 Å². The smallest absolute Gasteiger partial charge is 0.265 e. The molecule has 21 heavy (non-hydrogen) atoms. The molecule has 0 spiro atoms. The molecule has 1 heterocycles. The molecule has 6 nitrogen and oxygen atoms in total. The summed E-state index contributed by atoms with van der Waals surface area (Å²) in [5, 5.41) is -0.415. The Balaban J connectivity index is 2.48. The number of halogens is 3. The molecule has 0 amide bonds. The summed E-state index contributed by atoms with van der Waals surface area (Å²) in [5.41, 5.74) is 1.54. The molecule has 1 aromatic heterocycles. The number of hydrazine groups is 1. The second-order valence-electron chi connectivity index (χ2n) is 3.84. The molecule has 0 saturated heterocycles. The fourth-order valence-corrected chi connectivity index (χ4v) is 3.05. The predicted molar refractivity (Wildman–Crippen MR) is 74.2 cm³/mol. The number of aromatic nitrogens is 1. The molecule has 0 unspecified atom stereocenters. The number of anilines is 2. The highest BCUT2D eigenvalue weighted by molar-refractivity contribution is 7.92. The second-order valence-corrected chi connectivity index (χ2v) is 5.90. The van der Waals surface area contributed by atoms with E-state index in [1.807, 2.05) is 4.72 Å². The van der Waals surface area contributed by atoms with Gasteiger partial charge in [-0.3, -0.25) is 4.72 Å². The molecule has 1 aromatic carbocycles. The van der Waals surface area contributed by atoms with Crippen molar-refractivity contribution in [1.82, 2.24) is 4.98 Å². The predicted octanol–water partition coefficient (Wildman–Crippen LogP) is 2.10. The van der Waals surface area contributed by atoms with Gasteiger partial charge >= 0.3 is 0 Å². The number of benzene rings is 1. The molecule has 0 saturated carbocycles. The number of rotatable bonds is 4. The minimum absolute atomic E-state index is 0.136. The number of hydrogen-bond acceptors (Lipinski definition) is 5. The van der Waals surface area contributed by atoms with Gasteiger partial charge in [0.05, 0.1) is 5.02 Å². The summed E-state index contributed by atoms with van der Waals surface area (Å²) in [6, 6.07) is 3.86. The lowest BCUT2D eigenvalue weighted by Crippen LogP contribution is -2.19. The first-order chi connectivity index (χ1) is 9.85. The Morgan fingerprint density at radius 1 is 1.29 bits per heavy atom. The maximum absolute atomic E-state index is 13.6. The molecule has 2 aromatic rings. The lowest BCUT2D eigenvalue weighted by Gasteiger charge is -2.12. The third kappa shape index (κ3) is 3.20. The van der Waals surface area contributed by atoms with Crippen molar-refractivity contribution in [3.63, 3.8) is 0 Å². The fourth-order valence-electron chi connectivity index (χ4n) is 1.54. The van der Waals surface area contributed by atoms with Crippen molar-refractivity contribution in [1.29, 1.82) is 0 Å². The van der Waals surface area contributed by atoms with E-state index in [1.165, 1.54) is 18.3 Å². The average Bonchev–Trinajstić information content (AvgIpc) is 2.43. The van der Waals surface area contributed by atoms with Crippen molar-refractivity contribution in [3.05, 3.63) is 47.1 Å². The molecule has 0 fully saturated rings. The quantitative estimate of drug-likeness (QED) is 0.587. The Morgan fingerprint density at radius 2 is 2.00 bits per heavy atom. The van der Waals surface area contributed by atoms with E-state index in [1.54, 1.807) is 0 Å². The molecule has 10 heteroatoms. The number of nitrogens with zero attached hydrogens (tertiary/aromatic N) is 1. The first kappa shape index (κ1) is 15.4. The second kappa shape index (κ2) is 5.80. The maximum Gasteiger partial charge on any atom is 0.265 e. The number of pyridine rings is 1. The first-order valence-electron chi connectivity index (χ1n) is 5.44. The van der Waals surface area contributed by atoms with Gasteiger partial charge in [0, 0.05) is 12.3 Å². The van der Waals surface area contributed by atoms with E-state index in [-0.39, 0.29) is 10.7 Å². The van der Waals surface area contributed by atoms with Crippen LogP contribution in [0.2, 0.25) is 5.02 Å². The molecule has 0 bridgehead atoms. The van der Waals surface area contributed by atoms with E-state index in [4.69, 9.17) is 17.4 Å². The Kier molecular flexibility index (Phi) is 4.26. The zero-order chi connectivity index (χ0) is 15.6. The molecule has 0 atom stereocenters. The van der Waals surface area contributed by atoms with Crippen LogP contribution in [0.15, 0.2) is 35.4 Å². The van der Waals surface area contributed by atoms with Gasteiger partial charge in [-0.25, -0.2) is 28.0 Å². The normalized spacial score (nSPS) is 11.2. The molecular weight excluding hydrogens is 326 g/mol. The number of nitrogens with two attached hydrogens (primary N) is 1. The van der Waals surface area contributed by atoms with Gasteiger partial charge in [0.15, 0.2) is 11.6 Å². The highest BCUT2D eigenvalue weighted by Gasteiger charge is 2.22. The van der Waals surface area contributed by atoms with Crippen molar-refractivity contribution in [3.8, 4) is 0 Å². The van der Waals surface area contributed by atoms with Crippen LogP contribution in [0.5, 0.6) is 0 Å². The maximum atomic E-state index is 13.6. The molecule has 2 rings (SSSR count). The SMILES string of the molecule is NNc1ncccc1S(=O)(=O)Nc1c(F)cc(F)cc1Cl. The molecule has 112 valence electrons. The number of hydrogen-bond donors (Lipinski definition) is 3. The van der Waals surface area contributed by atoms with Crippen LogP contribution in [0, 0.1) is 11.6 Å². The topological polar surface area (TPSA) is 97.1 Å². The highest BCUT2D eigenvalue weighted by Crippen LogP contribution is 2.29. The van der Waals surface area contributed by atoms with Crippen LogP contribution < -0.4 is 16.0 Å². The van der Waals surface area contributed by atoms with Crippen molar-refractivity contribution >= 4 is 33.1 Å². The Bertz CT molecular complexity index is 763. The minimum Gasteiger partial charge on any atom is -0.307 e. The summed E-state index contributed by atoms with van der Waals surface area (Å²) in [7, 11) is -4.22. The van der Waals surface area contributed by atoms with Crippen LogP contribution in [-0.2, 0) is 10.0 Å². The Morgan fingerprint density at radius 3 is 2.62 bits per heavy atom. The van der Waals surface area contributed by atoms with Gasteiger partial charge in [-0.1, -0.05) is 11.6 Å². The van der Waals surface area contributed by atoms with E-state index in [2.05, 4.69) is 10.4 Å².